The number of ether oxygens (including phenoxy) is 4. The highest BCUT2D eigenvalue weighted by atomic mass is 19.1. The normalized spacial score (nSPS) is 24.4. The molecular formula is C28H42F2N2O6. The molecule has 1 N–H and O–H groups in total. The van der Waals surface area contributed by atoms with E-state index in [0.29, 0.717) is 12.3 Å². The van der Waals surface area contributed by atoms with Gasteiger partial charge in [-0.1, -0.05) is 75.9 Å². The van der Waals surface area contributed by atoms with Crippen LogP contribution in [0.4, 0.5) is 19.3 Å². The summed E-state index contributed by atoms with van der Waals surface area (Å²) < 4.78 is 51.6. The van der Waals surface area contributed by atoms with Crippen molar-refractivity contribution >= 4 is 17.5 Å². The topological polar surface area (TPSA) is 87.6 Å². The van der Waals surface area contributed by atoms with Crippen molar-refractivity contribution < 1.29 is 37.4 Å². The van der Waals surface area contributed by atoms with Crippen molar-refractivity contribution in [3.63, 3.8) is 0 Å². The summed E-state index contributed by atoms with van der Waals surface area (Å²) in [5, 5.41) is 5.83. The number of nitrogens with zero attached hydrogens (tertiary/aromatic N) is 1. The first-order valence-corrected chi connectivity index (χ1v) is 13.8. The lowest BCUT2D eigenvalue weighted by Crippen LogP contribution is -2.34. The maximum Gasteiger partial charge on any atom is 0.438 e. The molecule has 4 atom stereocenters. The minimum Gasteiger partial charge on any atom is -0.350 e. The number of anilines is 1. The Kier molecular flexibility index (Phi) is 11.9. The first-order valence-electron chi connectivity index (χ1n) is 13.8. The number of oxime groups is 1. The Bertz CT molecular complexity index is 908. The predicted octanol–water partition coefficient (Wildman–Crippen LogP) is 7.07. The van der Waals surface area contributed by atoms with Crippen LogP contribution in [0.15, 0.2) is 23.4 Å². The third-order valence-electron chi connectivity index (χ3n) is 6.67. The highest BCUT2D eigenvalue weighted by molar-refractivity contribution is 5.89. The Morgan fingerprint density at radius 3 is 2.18 bits per heavy atom. The summed E-state index contributed by atoms with van der Waals surface area (Å²) in [6.07, 6.45) is 8.88. The summed E-state index contributed by atoms with van der Waals surface area (Å²) in [6.45, 7) is 7.99. The maximum atomic E-state index is 13.8. The molecule has 0 saturated carbocycles. The molecule has 0 aromatic heterocycles. The second-order valence-corrected chi connectivity index (χ2v) is 10.4. The van der Waals surface area contributed by atoms with Crippen molar-refractivity contribution in [2.45, 2.75) is 122 Å². The van der Waals surface area contributed by atoms with Crippen molar-refractivity contribution in [3.8, 4) is 0 Å². The lowest BCUT2D eigenvalue weighted by Gasteiger charge is -2.24. The van der Waals surface area contributed by atoms with Crippen LogP contribution < -0.4 is 5.32 Å². The number of para-hydroxylation sites is 1. The monoisotopic (exact) mass is 540 g/mol. The molecule has 1 aromatic carbocycles. The third-order valence-corrected chi connectivity index (χ3v) is 6.67. The van der Waals surface area contributed by atoms with E-state index in [4.69, 9.17) is 23.8 Å². The number of hydrogen-bond donors (Lipinski definition) is 1. The fraction of sp³-hybridized carbons (Fsp3) is 0.714. The van der Waals surface area contributed by atoms with Gasteiger partial charge in [-0.05, 0) is 39.3 Å². The Morgan fingerprint density at radius 1 is 0.974 bits per heavy atom. The second kappa shape index (κ2) is 14.9. The largest absolute Gasteiger partial charge is 0.438 e. The van der Waals surface area contributed by atoms with Gasteiger partial charge >= 0.3 is 6.09 Å². The zero-order valence-electron chi connectivity index (χ0n) is 23.0. The summed E-state index contributed by atoms with van der Waals surface area (Å²) >= 11 is 0. The van der Waals surface area contributed by atoms with Gasteiger partial charge in [0.25, 0.3) is 0 Å². The van der Waals surface area contributed by atoms with Crippen LogP contribution in [0.3, 0.4) is 0 Å². The first kappa shape index (κ1) is 30.4. The fourth-order valence-electron chi connectivity index (χ4n) is 4.73. The minimum atomic E-state index is -1.14. The zero-order chi connectivity index (χ0) is 27.5. The van der Waals surface area contributed by atoms with Crippen molar-refractivity contribution in [2.24, 2.45) is 5.16 Å². The van der Waals surface area contributed by atoms with Crippen LogP contribution in [-0.4, -0.2) is 48.8 Å². The Labute approximate surface area is 224 Å². The number of nitrogens with one attached hydrogen (secondary N) is 1. The van der Waals surface area contributed by atoms with Crippen molar-refractivity contribution in [3.05, 3.63) is 29.8 Å². The number of rotatable bonds is 15. The molecule has 2 aliphatic heterocycles. The molecule has 2 fully saturated rings. The fourth-order valence-corrected chi connectivity index (χ4v) is 4.73. The van der Waals surface area contributed by atoms with Gasteiger partial charge in [0.2, 0.25) is 0 Å². The molecule has 3 rings (SSSR count). The number of carbonyl (C=O) groups excluding carboxylic acids is 1. The van der Waals surface area contributed by atoms with Gasteiger partial charge in [-0.3, -0.25) is 10.2 Å². The lowest BCUT2D eigenvalue weighted by molar-refractivity contribution is -0.226. The summed E-state index contributed by atoms with van der Waals surface area (Å²) in [4.78, 5) is 16.9. The molecule has 1 aromatic rings. The summed E-state index contributed by atoms with van der Waals surface area (Å²) in [7, 11) is 0. The quantitative estimate of drug-likeness (QED) is 0.111. The van der Waals surface area contributed by atoms with Crippen LogP contribution in [0.2, 0.25) is 0 Å². The summed E-state index contributed by atoms with van der Waals surface area (Å²) in [5.74, 6) is -2.69. The molecular weight excluding hydrogens is 498 g/mol. The molecule has 2 heterocycles. The van der Waals surface area contributed by atoms with Gasteiger partial charge in [-0.15, -0.1) is 0 Å². The van der Waals surface area contributed by atoms with Crippen molar-refractivity contribution in [1.82, 2.24) is 0 Å². The van der Waals surface area contributed by atoms with Crippen LogP contribution in [0.5, 0.6) is 0 Å². The van der Waals surface area contributed by atoms with E-state index in [-0.39, 0.29) is 0 Å². The van der Waals surface area contributed by atoms with Gasteiger partial charge in [-0.25, -0.2) is 13.6 Å². The molecule has 10 heteroatoms. The molecule has 1 amide bonds. The van der Waals surface area contributed by atoms with E-state index in [1.54, 1.807) is 20.8 Å². The maximum absolute atomic E-state index is 13.8. The molecule has 38 heavy (non-hydrogen) atoms. The number of unbranched alkanes of at least 4 members (excludes halogenated alkanes) is 9. The number of carbonyl (C=O) groups is 1. The number of amides is 1. The zero-order valence-corrected chi connectivity index (χ0v) is 23.0. The minimum absolute atomic E-state index is 0.301. The molecule has 8 nitrogen and oxygen atoms in total. The van der Waals surface area contributed by atoms with Gasteiger partial charge in [-0.2, -0.15) is 0 Å². The third kappa shape index (κ3) is 8.97. The SMILES string of the molecule is CCCCCCCCCCCCO[C@H]1O[C@H](/C(C)=N\OC(=O)Nc2c(F)cccc2F)[C@@H]2OC(C)(C)O[C@H]12. The molecule has 0 aliphatic carbocycles. The standard InChI is InChI=1S/C28H42F2N2O6/c1-5-6-7-8-9-10-11-12-13-14-18-34-26-25-24(36-28(3,4)37-25)23(35-26)19(2)32-38-27(33)31-22-20(29)16-15-17-21(22)30/h15-17,23-26H,5-14,18H2,1-4H3,(H,31,33)/b32-19-/t23-,24+,25+,26+/m1/s1. The smallest absolute Gasteiger partial charge is 0.350 e. The number of hydrogen-bond acceptors (Lipinski definition) is 7. The van der Waals surface area contributed by atoms with Crippen LogP contribution in [0.25, 0.3) is 0 Å². The molecule has 2 saturated heterocycles. The van der Waals surface area contributed by atoms with Crippen LogP contribution in [0.1, 0.15) is 91.9 Å². The molecule has 0 unspecified atom stereocenters. The molecule has 0 radical (unpaired) electrons. The van der Waals surface area contributed by atoms with Gasteiger partial charge in [0.1, 0.15) is 35.6 Å². The lowest BCUT2D eigenvalue weighted by atomic mass is 10.1. The van der Waals surface area contributed by atoms with E-state index in [1.807, 2.05) is 5.32 Å². The highest BCUT2D eigenvalue weighted by Crippen LogP contribution is 2.39. The number of benzene rings is 1. The van der Waals surface area contributed by atoms with E-state index in [1.165, 1.54) is 57.4 Å². The number of fused-ring (bicyclic) bond motifs is 1. The van der Waals surface area contributed by atoms with Gasteiger partial charge in [0, 0.05) is 6.61 Å². The molecule has 0 spiro atoms. The number of halogens is 2. The summed E-state index contributed by atoms with van der Waals surface area (Å²) in [5.41, 5.74) is -0.312. The van der Waals surface area contributed by atoms with Gasteiger partial charge in [0.15, 0.2) is 12.1 Å². The molecule has 2 aliphatic rings. The van der Waals surface area contributed by atoms with E-state index in [2.05, 4.69) is 12.1 Å². The van der Waals surface area contributed by atoms with Crippen molar-refractivity contribution in [1.29, 1.82) is 0 Å². The molecule has 214 valence electrons. The highest BCUT2D eigenvalue weighted by Gasteiger charge is 2.56. The Morgan fingerprint density at radius 2 is 1.55 bits per heavy atom. The Balaban J connectivity index is 1.44. The van der Waals surface area contributed by atoms with Crippen LogP contribution in [0, 0.1) is 11.6 Å². The van der Waals surface area contributed by atoms with E-state index >= 15 is 0 Å². The van der Waals surface area contributed by atoms with E-state index in [0.717, 1.165) is 25.0 Å². The predicted molar refractivity (Wildman–Crippen MR) is 140 cm³/mol. The second-order valence-electron chi connectivity index (χ2n) is 10.4. The van der Waals surface area contributed by atoms with E-state index in [9.17, 15) is 13.6 Å². The summed E-state index contributed by atoms with van der Waals surface area (Å²) in [6, 6.07) is 3.24. The van der Waals surface area contributed by atoms with Gasteiger partial charge < -0.3 is 18.9 Å². The first-order chi connectivity index (χ1) is 18.2. The van der Waals surface area contributed by atoms with E-state index < -0.39 is 53.8 Å². The van der Waals surface area contributed by atoms with Crippen LogP contribution >= 0.6 is 0 Å². The van der Waals surface area contributed by atoms with Gasteiger partial charge in [0.05, 0.1) is 5.71 Å². The van der Waals surface area contributed by atoms with Crippen molar-refractivity contribution in [2.75, 3.05) is 11.9 Å². The van der Waals surface area contributed by atoms with Crippen LogP contribution in [-0.2, 0) is 23.8 Å². The average molecular weight is 541 g/mol. The molecule has 0 bridgehead atoms. The average Bonchev–Trinajstić information content (AvgIpc) is 3.36. The Hall–Kier alpha value is -2.14.